The van der Waals surface area contributed by atoms with Crippen LogP contribution in [-0.4, -0.2) is 42.6 Å². The number of benzene rings is 1. The molecule has 6 atom stereocenters. The van der Waals surface area contributed by atoms with E-state index < -0.39 is 12.2 Å². The number of hydrogen-bond donors (Lipinski definition) is 3. The third kappa shape index (κ3) is 5.88. The quantitative estimate of drug-likeness (QED) is 0.466. The monoisotopic (exact) mass is 413 g/mol. The molecular weight excluding hydrogens is 374 g/mol. The Balaban J connectivity index is 0.00000101. The fraction of sp³-hybridized carbons (Fsp3) is 0.615. The molecule has 2 aliphatic rings. The van der Waals surface area contributed by atoms with E-state index in [1.807, 2.05) is 40.1 Å². The summed E-state index contributed by atoms with van der Waals surface area (Å²) in [4.78, 5) is 0. The first-order valence-corrected chi connectivity index (χ1v) is 11.3. The number of rotatable bonds is 7. The van der Waals surface area contributed by atoms with Crippen molar-refractivity contribution < 1.29 is 14.9 Å². The molecule has 0 unspecified atom stereocenters. The first-order valence-electron chi connectivity index (χ1n) is 11.3. The van der Waals surface area contributed by atoms with E-state index in [1.165, 1.54) is 17.5 Å². The van der Waals surface area contributed by atoms with Crippen LogP contribution in [0.25, 0.3) is 0 Å². The topological polar surface area (TPSA) is 61.7 Å². The van der Waals surface area contributed by atoms with Gasteiger partial charge in [0.15, 0.2) is 0 Å². The highest BCUT2D eigenvalue weighted by Gasteiger charge is 2.48. The van der Waals surface area contributed by atoms with Gasteiger partial charge in [0.05, 0.1) is 12.2 Å². The van der Waals surface area contributed by atoms with E-state index in [-0.39, 0.29) is 23.9 Å². The summed E-state index contributed by atoms with van der Waals surface area (Å²) in [6.07, 6.45) is 7.60. The molecule has 1 fully saturated rings. The van der Waals surface area contributed by atoms with E-state index in [2.05, 4.69) is 42.3 Å². The van der Waals surface area contributed by atoms with Gasteiger partial charge in [-0.25, -0.2) is 0 Å². The fourth-order valence-corrected chi connectivity index (χ4v) is 4.35. The summed E-state index contributed by atoms with van der Waals surface area (Å²) in [5.41, 5.74) is 2.51. The second kappa shape index (κ2) is 12.2. The molecule has 3 rings (SSSR count). The molecular formula is C26H39NO3. The van der Waals surface area contributed by atoms with Gasteiger partial charge < -0.3 is 20.3 Å². The molecule has 1 heterocycles. The van der Waals surface area contributed by atoms with Gasteiger partial charge in [-0.05, 0) is 45.3 Å². The van der Waals surface area contributed by atoms with Crippen molar-refractivity contribution in [1.29, 1.82) is 0 Å². The average Bonchev–Trinajstić information content (AvgIpc) is 3.24. The Morgan fingerprint density at radius 2 is 2.07 bits per heavy atom. The summed E-state index contributed by atoms with van der Waals surface area (Å²) in [6, 6.07) is 6.42. The van der Waals surface area contributed by atoms with E-state index >= 15 is 0 Å². The van der Waals surface area contributed by atoms with Gasteiger partial charge in [0.2, 0.25) is 0 Å². The van der Waals surface area contributed by atoms with E-state index in [0.717, 1.165) is 18.6 Å². The van der Waals surface area contributed by atoms with Crippen molar-refractivity contribution in [3.8, 4) is 17.6 Å². The minimum absolute atomic E-state index is 0.0169. The summed E-state index contributed by atoms with van der Waals surface area (Å²) < 4.78 is 6.29. The number of aliphatic hydroxyl groups excluding tert-OH is 2. The maximum atomic E-state index is 10.6. The van der Waals surface area contributed by atoms with Gasteiger partial charge in [-0.1, -0.05) is 50.6 Å². The summed E-state index contributed by atoms with van der Waals surface area (Å²) >= 11 is 0. The summed E-state index contributed by atoms with van der Waals surface area (Å²) in [5.74, 6) is 7.18. The van der Waals surface area contributed by atoms with Gasteiger partial charge in [0.25, 0.3) is 0 Å². The lowest BCUT2D eigenvalue weighted by Crippen LogP contribution is -2.19. The van der Waals surface area contributed by atoms with Gasteiger partial charge >= 0.3 is 0 Å². The number of fused-ring (bicyclic) bond motifs is 3. The number of aryl methyl sites for hydroxylation is 1. The molecule has 0 spiro atoms. The van der Waals surface area contributed by atoms with Gasteiger partial charge in [-0.15, -0.1) is 11.8 Å². The van der Waals surface area contributed by atoms with E-state index in [4.69, 9.17) is 4.74 Å². The zero-order chi connectivity index (χ0) is 22.1. The predicted octanol–water partition coefficient (Wildman–Crippen LogP) is 4.06. The molecule has 1 aliphatic heterocycles. The number of unbranched alkanes of at least 4 members (excludes halogenated alkanes) is 1. The Morgan fingerprint density at radius 1 is 1.33 bits per heavy atom. The van der Waals surface area contributed by atoms with Gasteiger partial charge in [-0.3, -0.25) is 0 Å². The van der Waals surface area contributed by atoms with Crippen molar-refractivity contribution in [2.45, 2.75) is 77.1 Å². The minimum Gasteiger partial charge on any atom is -0.489 e. The van der Waals surface area contributed by atoms with Crippen LogP contribution in [0, 0.1) is 23.7 Å². The molecule has 0 saturated heterocycles. The van der Waals surface area contributed by atoms with Crippen LogP contribution in [-0.2, 0) is 6.42 Å². The van der Waals surface area contributed by atoms with Gasteiger partial charge in [0, 0.05) is 30.2 Å². The first kappa shape index (κ1) is 24.5. The third-order valence-corrected chi connectivity index (χ3v) is 6.00. The van der Waals surface area contributed by atoms with Crippen molar-refractivity contribution >= 4 is 0 Å². The van der Waals surface area contributed by atoms with Gasteiger partial charge in [0.1, 0.15) is 11.9 Å². The Kier molecular flexibility index (Phi) is 9.91. The normalized spacial score (nSPS) is 26.0. The Hall–Kier alpha value is -1.80. The number of para-hydroxylation sites is 1. The molecule has 3 N–H and O–H groups in total. The molecule has 4 nitrogen and oxygen atoms in total. The van der Waals surface area contributed by atoms with Gasteiger partial charge in [-0.2, -0.15) is 0 Å². The van der Waals surface area contributed by atoms with E-state index in [1.54, 1.807) is 0 Å². The number of nitrogens with one attached hydrogen (secondary N) is 1. The number of aliphatic hydroxyl groups is 2. The van der Waals surface area contributed by atoms with Crippen molar-refractivity contribution in [2.24, 2.45) is 11.8 Å². The molecule has 4 heteroatoms. The van der Waals surface area contributed by atoms with Crippen LogP contribution in [0.15, 0.2) is 30.4 Å². The molecule has 1 aromatic rings. The third-order valence-electron chi connectivity index (χ3n) is 6.00. The second-order valence-corrected chi connectivity index (χ2v) is 8.49. The Bertz CT molecular complexity index is 748. The first-order chi connectivity index (χ1) is 14.5. The van der Waals surface area contributed by atoms with Crippen LogP contribution < -0.4 is 10.1 Å². The lowest BCUT2D eigenvalue weighted by Gasteiger charge is -2.19. The largest absolute Gasteiger partial charge is 0.489 e. The molecule has 166 valence electrons. The molecule has 1 aromatic carbocycles. The molecule has 1 aliphatic carbocycles. The molecule has 0 aromatic heterocycles. The zero-order valence-corrected chi connectivity index (χ0v) is 19.2. The van der Waals surface area contributed by atoms with Crippen molar-refractivity contribution in [3.63, 3.8) is 0 Å². The van der Waals surface area contributed by atoms with Crippen LogP contribution in [0.1, 0.15) is 63.5 Å². The SMILES string of the molecule is CC#CC[C@@H](C)[C@H](O)C=C[C@@H]1[C@H]2c3cccc(CCCC)c3O[C@H]2C[C@H]1O.CNC. The maximum absolute atomic E-state index is 10.6. The highest BCUT2D eigenvalue weighted by atomic mass is 16.5. The molecule has 0 radical (unpaired) electrons. The summed E-state index contributed by atoms with van der Waals surface area (Å²) in [7, 11) is 3.75. The van der Waals surface area contributed by atoms with Crippen LogP contribution in [0.2, 0.25) is 0 Å². The van der Waals surface area contributed by atoms with Crippen molar-refractivity contribution in [2.75, 3.05) is 14.1 Å². The lowest BCUT2D eigenvalue weighted by molar-refractivity contribution is 0.134. The Morgan fingerprint density at radius 3 is 2.73 bits per heavy atom. The molecule has 0 amide bonds. The maximum Gasteiger partial charge on any atom is 0.126 e. The Labute approximate surface area is 182 Å². The molecule has 0 bridgehead atoms. The number of hydrogen-bond acceptors (Lipinski definition) is 4. The van der Waals surface area contributed by atoms with Crippen LogP contribution in [0.5, 0.6) is 5.75 Å². The highest BCUT2D eigenvalue weighted by molar-refractivity contribution is 5.49. The van der Waals surface area contributed by atoms with Crippen molar-refractivity contribution in [3.05, 3.63) is 41.5 Å². The number of ether oxygens (including phenoxy) is 1. The van der Waals surface area contributed by atoms with Crippen LogP contribution in [0.4, 0.5) is 0 Å². The van der Waals surface area contributed by atoms with E-state index in [0.29, 0.717) is 12.8 Å². The van der Waals surface area contributed by atoms with Crippen LogP contribution >= 0.6 is 0 Å². The van der Waals surface area contributed by atoms with E-state index in [9.17, 15) is 10.2 Å². The highest BCUT2D eigenvalue weighted by Crippen LogP contribution is 2.52. The molecule has 30 heavy (non-hydrogen) atoms. The average molecular weight is 414 g/mol. The molecule has 1 saturated carbocycles. The standard InChI is InChI=1S/C24H32O3.C2H7N/c1-4-6-9-16(3)20(25)14-13-18-21(26)15-22-23(18)19-12-8-11-17(10-7-5-2)24(19)27-22;1-3-2/h8,11-14,16,18,20-23,25-26H,5,7,9-10,15H2,1-3H3;3H,1-2H3/t16-,18+,20-,21-,22+,23+;/m1./s1. The summed E-state index contributed by atoms with van der Waals surface area (Å²) in [6.45, 7) is 6.02. The predicted molar refractivity (Wildman–Crippen MR) is 124 cm³/mol. The lowest BCUT2D eigenvalue weighted by atomic mass is 9.86. The smallest absolute Gasteiger partial charge is 0.126 e. The second-order valence-electron chi connectivity index (χ2n) is 8.49. The zero-order valence-electron chi connectivity index (χ0n) is 19.2. The minimum atomic E-state index is -0.546. The van der Waals surface area contributed by atoms with Crippen molar-refractivity contribution in [1.82, 2.24) is 5.32 Å². The fourth-order valence-electron chi connectivity index (χ4n) is 4.35. The van der Waals surface area contributed by atoms with Crippen LogP contribution in [0.3, 0.4) is 0 Å². The summed E-state index contributed by atoms with van der Waals surface area (Å²) in [5, 5.41) is 23.7.